The van der Waals surface area contributed by atoms with E-state index in [1.54, 1.807) is 26.0 Å². The van der Waals surface area contributed by atoms with E-state index in [-0.39, 0.29) is 5.56 Å². The molecular formula is C21H20F2N4O. The Hall–Kier alpha value is -3.09. The number of rotatable bonds is 3. The lowest BCUT2D eigenvalue weighted by atomic mass is 10.1. The Kier molecular flexibility index (Phi) is 4.66. The Labute approximate surface area is 161 Å². The normalized spacial score (nSPS) is 13.9. The first-order valence-electron chi connectivity index (χ1n) is 9.23. The lowest BCUT2D eigenvalue weighted by molar-refractivity contribution is 0.102. The maximum atomic E-state index is 14.5. The number of fused-ring (bicyclic) bond motifs is 1. The second-order valence-corrected chi connectivity index (χ2v) is 7.03. The van der Waals surface area contributed by atoms with Gasteiger partial charge in [-0.3, -0.25) is 4.79 Å². The number of amides is 1. The minimum atomic E-state index is -0.578. The maximum absolute atomic E-state index is 14.5. The van der Waals surface area contributed by atoms with E-state index < -0.39 is 17.5 Å². The van der Waals surface area contributed by atoms with Gasteiger partial charge in [0.05, 0.1) is 28.2 Å². The Balaban J connectivity index is 1.65. The van der Waals surface area contributed by atoms with Crippen LogP contribution in [-0.4, -0.2) is 29.0 Å². The number of carbonyl (C=O) groups is 1. The number of halogens is 2. The van der Waals surface area contributed by atoms with E-state index in [0.29, 0.717) is 33.8 Å². The fourth-order valence-electron chi connectivity index (χ4n) is 3.47. The molecule has 1 amide bonds. The summed E-state index contributed by atoms with van der Waals surface area (Å²) in [7, 11) is 0. The van der Waals surface area contributed by atoms with Crippen LogP contribution < -0.4 is 10.2 Å². The molecule has 1 aromatic heterocycles. The zero-order valence-electron chi connectivity index (χ0n) is 15.7. The molecule has 7 heteroatoms. The predicted octanol–water partition coefficient (Wildman–Crippen LogP) is 4.38. The molecule has 4 rings (SSSR count). The van der Waals surface area contributed by atoms with Crippen molar-refractivity contribution < 1.29 is 13.6 Å². The average molecular weight is 382 g/mol. The van der Waals surface area contributed by atoms with Crippen LogP contribution in [0.2, 0.25) is 0 Å². The monoisotopic (exact) mass is 382 g/mol. The summed E-state index contributed by atoms with van der Waals surface area (Å²) >= 11 is 0. The van der Waals surface area contributed by atoms with Crippen molar-refractivity contribution in [2.24, 2.45) is 0 Å². The molecule has 5 nitrogen and oxygen atoms in total. The molecule has 0 aliphatic carbocycles. The average Bonchev–Trinajstić information content (AvgIpc) is 3.17. The predicted molar refractivity (Wildman–Crippen MR) is 105 cm³/mol. The second-order valence-electron chi connectivity index (χ2n) is 7.03. The zero-order chi connectivity index (χ0) is 19.8. The van der Waals surface area contributed by atoms with Crippen LogP contribution in [-0.2, 0) is 0 Å². The van der Waals surface area contributed by atoms with Crippen LogP contribution in [0, 0.1) is 25.5 Å². The van der Waals surface area contributed by atoms with Crippen molar-refractivity contribution in [3.8, 4) is 0 Å². The molecular weight excluding hydrogens is 362 g/mol. The van der Waals surface area contributed by atoms with Gasteiger partial charge in [-0.25, -0.2) is 18.7 Å². The molecule has 0 radical (unpaired) electrons. The molecule has 1 N–H and O–H groups in total. The molecule has 3 aromatic rings. The number of anilines is 2. The van der Waals surface area contributed by atoms with Crippen LogP contribution >= 0.6 is 0 Å². The fourth-order valence-corrected chi connectivity index (χ4v) is 3.47. The van der Waals surface area contributed by atoms with E-state index in [4.69, 9.17) is 0 Å². The highest BCUT2D eigenvalue weighted by Crippen LogP contribution is 2.27. The van der Waals surface area contributed by atoms with Crippen molar-refractivity contribution >= 4 is 28.3 Å². The highest BCUT2D eigenvalue weighted by atomic mass is 19.1. The summed E-state index contributed by atoms with van der Waals surface area (Å²) in [6.07, 6.45) is 2.09. The molecule has 1 fully saturated rings. The van der Waals surface area contributed by atoms with E-state index >= 15 is 0 Å². The molecule has 0 saturated carbocycles. The third-order valence-electron chi connectivity index (χ3n) is 5.04. The largest absolute Gasteiger partial charge is 0.369 e. The van der Waals surface area contributed by atoms with Gasteiger partial charge in [-0.1, -0.05) is 0 Å². The van der Waals surface area contributed by atoms with Gasteiger partial charge >= 0.3 is 0 Å². The van der Waals surface area contributed by atoms with Crippen molar-refractivity contribution in [2.45, 2.75) is 26.7 Å². The van der Waals surface area contributed by atoms with Gasteiger partial charge < -0.3 is 10.2 Å². The standard InChI is InChI=1S/C21H20F2N4O/c1-12-13(2)25-20-16(9-14(22)10-18(20)24-12)21(28)26-15-5-6-19(17(23)11-15)27-7-3-4-8-27/h5-6,9-11H,3-4,7-8H2,1-2H3,(H,26,28). The molecule has 0 unspecified atom stereocenters. The van der Waals surface area contributed by atoms with Gasteiger partial charge in [0.15, 0.2) is 0 Å². The Morgan fingerprint density at radius 3 is 2.46 bits per heavy atom. The summed E-state index contributed by atoms with van der Waals surface area (Å²) in [5.74, 6) is -1.53. The SMILES string of the molecule is Cc1nc2cc(F)cc(C(=O)Nc3ccc(N4CCCC4)c(F)c3)c2nc1C. The smallest absolute Gasteiger partial charge is 0.258 e. The Morgan fingerprint density at radius 2 is 1.75 bits per heavy atom. The van der Waals surface area contributed by atoms with Crippen LogP contribution in [0.25, 0.3) is 11.0 Å². The minimum absolute atomic E-state index is 0.0645. The number of aromatic nitrogens is 2. The van der Waals surface area contributed by atoms with E-state index in [2.05, 4.69) is 15.3 Å². The van der Waals surface area contributed by atoms with Crippen molar-refractivity contribution in [1.82, 2.24) is 9.97 Å². The summed E-state index contributed by atoms with van der Waals surface area (Å²) in [4.78, 5) is 23.4. The molecule has 0 bridgehead atoms. The van der Waals surface area contributed by atoms with E-state index in [0.717, 1.165) is 32.0 Å². The minimum Gasteiger partial charge on any atom is -0.369 e. The maximum Gasteiger partial charge on any atom is 0.258 e. The van der Waals surface area contributed by atoms with Crippen molar-refractivity contribution in [3.63, 3.8) is 0 Å². The summed E-state index contributed by atoms with van der Waals surface area (Å²) < 4.78 is 28.5. The van der Waals surface area contributed by atoms with Gasteiger partial charge in [-0.15, -0.1) is 0 Å². The Bertz CT molecular complexity index is 1080. The second kappa shape index (κ2) is 7.14. The Morgan fingerprint density at radius 1 is 1.04 bits per heavy atom. The van der Waals surface area contributed by atoms with Gasteiger partial charge in [0.2, 0.25) is 0 Å². The highest BCUT2D eigenvalue weighted by molar-refractivity contribution is 6.11. The first kappa shape index (κ1) is 18.3. The van der Waals surface area contributed by atoms with E-state index in [1.807, 2.05) is 4.90 Å². The third kappa shape index (κ3) is 3.40. The van der Waals surface area contributed by atoms with Gasteiger partial charge in [-0.05, 0) is 51.0 Å². The molecule has 1 aliphatic heterocycles. The molecule has 1 aliphatic rings. The van der Waals surface area contributed by atoms with Crippen LogP contribution in [0.1, 0.15) is 34.6 Å². The topological polar surface area (TPSA) is 58.1 Å². The summed E-state index contributed by atoms with van der Waals surface area (Å²) in [5.41, 5.74) is 2.86. The van der Waals surface area contributed by atoms with Crippen LogP contribution in [0.4, 0.5) is 20.2 Å². The lowest BCUT2D eigenvalue weighted by Gasteiger charge is -2.19. The summed E-state index contributed by atoms with van der Waals surface area (Å²) in [6.45, 7) is 5.21. The quantitative estimate of drug-likeness (QED) is 0.731. The van der Waals surface area contributed by atoms with Gasteiger partial charge in [0, 0.05) is 24.8 Å². The number of aryl methyl sites for hydroxylation is 2. The zero-order valence-corrected chi connectivity index (χ0v) is 15.7. The van der Waals surface area contributed by atoms with Crippen LogP contribution in [0.3, 0.4) is 0 Å². The molecule has 0 atom stereocenters. The van der Waals surface area contributed by atoms with E-state index in [1.165, 1.54) is 12.1 Å². The number of nitrogens with one attached hydrogen (secondary N) is 1. The first-order valence-corrected chi connectivity index (χ1v) is 9.23. The lowest BCUT2D eigenvalue weighted by Crippen LogP contribution is -2.19. The molecule has 144 valence electrons. The van der Waals surface area contributed by atoms with Crippen molar-refractivity contribution in [2.75, 3.05) is 23.3 Å². The fraction of sp³-hybridized carbons (Fsp3) is 0.286. The number of hydrogen-bond acceptors (Lipinski definition) is 4. The number of benzene rings is 2. The number of hydrogen-bond donors (Lipinski definition) is 1. The molecule has 2 aromatic carbocycles. The summed E-state index contributed by atoms with van der Waals surface area (Å²) in [5, 5.41) is 2.64. The third-order valence-corrected chi connectivity index (χ3v) is 5.04. The first-order chi connectivity index (χ1) is 13.4. The van der Waals surface area contributed by atoms with Crippen LogP contribution in [0.15, 0.2) is 30.3 Å². The summed E-state index contributed by atoms with van der Waals surface area (Å²) in [6, 6.07) is 6.96. The molecule has 1 saturated heterocycles. The van der Waals surface area contributed by atoms with Crippen molar-refractivity contribution in [1.29, 1.82) is 0 Å². The van der Waals surface area contributed by atoms with Crippen molar-refractivity contribution in [3.05, 3.63) is 58.9 Å². The van der Waals surface area contributed by atoms with E-state index in [9.17, 15) is 13.6 Å². The van der Waals surface area contributed by atoms with Crippen LogP contribution in [0.5, 0.6) is 0 Å². The molecule has 28 heavy (non-hydrogen) atoms. The van der Waals surface area contributed by atoms with Gasteiger partial charge in [0.25, 0.3) is 5.91 Å². The number of carbonyl (C=O) groups excluding carboxylic acids is 1. The van der Waals surface area contributed by atoms with Gasteiger partial charge in [0.1, 0.15) is 17.2 Å². The number of nitrogens with zero attached hydrogens (tertiary/aromatic N) is 3. The van der Waals surface area contributed by atoms with Gasteiger partial charge in [-0.2, -0.15) is 0 Å². The molecule has 2 heterocycles. The molecule has 0 spiro atoms. The highest BCUT2D eigenvalue weighted by Gasteiger charge is 2.19.